The average molecular weight is 638 g/mol. The van der Waals surface area contributed by atoms with Gasteiger partial charge in [-0.2, -0.15) is 0 Å². The van der Waals surface area contributed by atoms with Gasteiger partial charge in [0.1, 0.15) is 0 Å². The smallest absolute Gasteiger partial charge is 0.164 e. The molecule has 2 atom stereocenters. The first-order valence-electron chi connectivity index (χ1n) is 17.5. The van der Waals surface area contributed by atoms with Gasteiger partial charge in [0, 0.05) is 22.6 Å². The molecule has 1 saturated carbocycles. The second kappa shape index (κ2) is 10.7. The largest absolute Gasteiger partial charge is 0.208 e. The van der Waals surface area contributed by atoms with Gasteiger partial charge in [-0.25, -0.2) is 15.0 Å². The van der Waals surface area contributed by atoms with Crippen LogP contribution in [0.15, 0.2) is 164 Å². The molecule has 4 aliphatic rings. The van der Waals surface area contributed by atoms with E-state index in [-0.39, 0.29) is 0 Å². The van der Waals surface area contributed by atoms with Crippen molar-refractivity contribution in [3.63, 3.8) is 0 Å². The first-order chi connectivity index (χ1) is 24.8. The van der Waals surface area contributed by atoms with Crippen molar-refractivity contribution in [1.29, 1.82) is 0 Å². The van der Waals surface area contributed by atoms with Crippen LogP contribution in [0, 0.1) is 11.8 Å². The predicted octanol–water partition coefficient (Wildman–Crippen LogP) is 11.6. The van der Waals surface area contributed by atoms with Crippen molar-refractivity contribution in [2.45, 2.75) is 11.8 Å². The van der Waals surface area contributed by atoms with E-state index < -0.39 is 0 Å². The van der Waals surface area contributed by atoms with Crippen LogP contribution in [0.2, 0.25) is 0 Å². The lowest BCUT2D eigenvalue weighted by Crippen LogP contribution is -2.02. The molecule has 0 saturated heterocycles. The van der Waals surface area contributed by atoms with Crippen LogP contribution >= 0.6 is 0 Å². The molecule has 234 valence electrons. The first kappa shape index (κ1) is 27.7. The molecule has 12 rings (SSSR count). The molecule has 8 aromatic rings. The Hall–Kier alpha value is -6.19. The van der Waals surface area contributed by atoms with E-state index in [0.717, 1.165) is 22.3 Å². The summed E-state index contributed by atoms with van der Waals surface area (Å²) in [5.41, 5.74) is 8.14. The summed E-state index contributed by atoms with van der Waals surface area (Å²) in [4.78, 5) is 15.6. The van der Waals surface area contributed by atoms with Gasteiger partial charge in [0.2, 0.25) is 0 Å². The third kappa shape index (κ3) is 4.26. The maximum atomic E-state index is 5.24. The third-order valence-corrected chi connectivity index (χ3v) is 11.1. The molecule has 2 unspecified atom stereocenters. The number of rotatable bonds is 4. The maximum absolute atomic E-state index is 5.24. The molecular formula is C47H31N3. The highest BCUT2D eigenvalue weighted by atomic mass is 15.0. The molecule has 0 aliphatic heterocycles. The van der Waals surface area contributed by atoms with Crippen molar-refractivity contribution >= 4 is 32.3 Å². The second-order valence-corrected chi connectivity index (χ2v) is 13.9. The van der Waals surface area contributed by atoms with Crippen LogP contribution in [0.1, 0.15) is 23.0 Å². The van der Waals surface area contributed by atoms with E-state index in [1.54, 1.807) is 0 Å². The fraction of sp³-hybridized carbons (Fsp3) is 0.0851. The van der Waals surface area contributed by atoms with Gasteiger partial charge in [0.25, 0.3) is 0 Å². The summed E-state index contributed by atoms with van der Waals surface area (Å²) < 4.78 is 0. The molecule has 7 aromatic carbocycles. The van der Waals surface area contributed by atoms with Gasteiger partial charge in [-0.05, 0) is 90.5 Å². The number of nitrogens with zero attached hydrogens (tertiary/aromatic N) is 3. The molecule has 1 fully saturated rings. The van der Waals surface area contributed by atoms with Crippen LogP contribution in [-0.4, -0.2) is 15.0 Å². The van der Waals surface area contributed by atoms with Gasteiger partial charge in [-0.1, -0.05) is 146 Å². The van der Waals surface area contributed by atoms with Gasteiger partial charge in [-0.15, -0.1) is 0 Å². The lowest BCUT2D eigenvalue weighted by molar-refractivity contribution is 0.998. The molecule has 0 spiro atoms. The summed E-state index contributed by atoms with van der Waals surface area (Å²) in [6.45, 7) is 0. The Morgan fingerprint density at radius 2 is 0.820 bits per heavy atom. The minimum Gasteiger partial charge on any atom is -0.208 e. The zero-order chi connectivity index (χ0) is 32.8. The Morgan fingerprint density at radius 1 is 0.320 bits per heavy atom. The summed E-state index contributed by atoms with van der Waals surface area (Å²) in [7, 11) is 0. The SMILES string of the molecule is C1=CC2C3C=CC1c1ccc(-c4nc(-c5cccc(-c6ccccc6)c5)nc(-c5ccc6c7ccccc7c7ccccc7c6c5)n4)cc1C23. The quantitative estimate of drug-likeness (QED) is 0.142. The van der Waals surface area contributed by atoms with E-state index in [4.69, 9.17) is 15.0 Å². The number of hydrogen-bond donors (Lipinski definition) is 0. The summed E-state index contributed by atoms with van der Waals surface area (Å²) >= 11 is 0. The standard InChI is InChI=1S/C47H31N3/c1-2-9-28(10-3-1)30-11-8-12-31(25-30)45-48-46(32-20-22-39-37-15-5-4-13-35(37)36-14-6-7-16-38(36)42(39)26-32)50-47(49-45)33-19-21-34-29-17-23-40-41(24-18-29)44(40)43(34)27-33/h1-27,29,40-41,44H. The highest BCUT2D eigenvalue weighted by molar-refractivity contribution is 6.25. The van der Waals surface area contributed by atoms with Crippen molar-refractivity contribution in [2.75, 3.05) is 0 Å². The van der Waals surface area contributed by atoms with E-state index >= 15 is 0 Å². The third-order valence-electron chi connectivity index (χ3n) is 11.1. The summed E-state index contributed by atoms with van der Waals surface area (Å²) in [5, 5.41) is 7.44. The van der Waals surface area contributed by atoms with Crippen LogP contribution in [-0.2, 0) is 0 Å². The Balaban J connectivity index is 1.12. The van der Waals surface area contributed by atoms with Crippen molar-refractivity contribution in [2.24, 2.45) is 11.8 Å². The molecule has 50 heavy (non-hydrogen) atoms. The molecule has 4 aliphatic carbocycles. The normalized spacial score (nSPS) is 19.8. The average Bonchev–Trinajstić information content (AvgIpc) is 3.98. The van der Waals surface area contributed by atoms with E-state index in [2.05, 4.69) is 164 Å². The monoisotopic (exact) mass is 637 g/mol. The molecule has 0 radical (unpaired) electrons. The summed E-state index contributed by atoms with van der Waals surface area (Å²) in [5.74, 6) is 4.13. The molecule has 1 aromatic heterocycles. The minimum absolute atomic E-state index is 0.341. The zero-order valence-electron chi connectivity index (χ0n) is 27.2. The van der Waals surface area contributed by atoms with Crippen LogP contribution in [0.3, 0.4) is 0 Å². The lowest BCUT2D eigenvalue weighted by Gasteiger charge is -2.15. The van der Waals surface area contributed by atoms with E-state index in [1.807, 2.05) is 0 Å². The van der Waals surface area contributed by atoms with Crippen LogP contribution in [0.4, 0.5) is 0 Å². The molecule has 1 heterocycles. The number of fused-ring (bicyclic) bond motifs is 6. The van der Waals surface area contributed by atoms with Gasteiger partial charge in [0.15, 0.2) is 17.5 Å². The van der Waals surface area contributed by atoms with Gasteiger partial charge in [0.05, 0.1) is 0 Å². The van der Waals surface area contributed by atoms with Crippen LogP contribution < -0.4 is 0 Å². The highest BCUT2D eigenvalue weighted by Gasteiger charge is 2.51. The fourth-order valence-corrected chi connectivity index (χ4v) is 8.62. The fourth-order valence-electron chi connectivity index (χ4n) is 8.62. The Morgan fingerprint density at radius 3 is 1.48 bits per heavy atom. The van der Waals surface area contributed by atoms with Gasteiger partial charge in [-0.3, -0.25) is 0 Å². The Labute approximate surface area is 290 Å². The van der Waals surface area contributed by atoms with Gasteiger partial charge >= 0.3 is 0 Å². The molecule has 0 N–H and O–H groups in total. The number of hydrogen-bond acceptors (Lipinski definition) is 3. The number of allylic oxidation sites excluding steroid dienone is 4. The zero-order valence-corrected chi connectivity index (χ0v) is 27.2. The highest BCUT2D eigenvalue weighted by Crippen LogP contribution is 2.61. The maximum Gasteiger partial charge on any atom is 0.164 e. The second-order valence-electron chi connectivity index (χ2n) is 13.9. The Bertz CT molecular complexity index is 2690. The summed E-state index contributed by atoms with van der Waals surface area (Å²) in [6.07, 6.45) is 9.65. The van der Waals surface area contributed by atoms with Crippen molar-refractivity contribution < 1.29 is 0 Å². The van der Waals surface area contributed by atoms with Gasteiger partial charge < -0.3 is 0 Å². The number of benzene rings is 7. The lowest BCUT2D eigenvalue weighted by atomic mass is 9.92. The van der Waals surface area contributed by atoms with Crippen LogP contribution in [0.25, 0.3) is 77.6 Å². The van der Waals surface area contributed by atoms with Crippen molar-refractivity contribution in [3.8, 4) is 45.3 Å². The molecule has 3 nitrogen and oxygen atoms in total. The van der Waals surface area contributed by atoms with Crippen LogP contribution in [0.5, 0.6) is 0 Å². The number of aromatic nitrogens is 3. The van der Waals surface area contributed by atoms with E-state index in [1.165, 1.54) is 49.0 Å². The first-order valence-corrected chi connectivity index (χ1v) is 17.5. The van der Waals surface area contributed by atoms with E-state index in [9.17, 15) is 0 Å². The molecule has 3 heteroatoms. The molecular weight excluding hydrogens is 607 g/mol. The topological polar surface area (TPSA) is 38.7 Å². The van der Waals surface area contributed by atoms with Crippen molar-refractivity contribution in [3.05, 3.63) is 175 Å². The van der Waals surface area contributed by atoms with Crippen molar-refractivity contribution in [1.82, 2.24) is 15.0 Å². The summed E-state index contributed by atoms with van der Waals surface area (Å²) in [6, 6.07) is 50.0. The van der Waals surface area contributed by atoms with E-state index in [0.29, 0.717) is 41.1 Å². The molecule has 0 amide bonds. The Kier molecular flexibility index (Phi) is 5.91. The predicted molar refractivity (Wildman–Crippen MR) is 205 cm³/mol. The molecule has 4 bridgehead atoms. The minimum atomic E-state index is 0.341.